The fourth-order valence-corrected chi connectivity index (χ4v) is 1.71. The summed E-state index contributed by atoms with van der Waals surface area (Å²) in [6, 6.07) is 0. The summed E-state index contributed by atoms with van der Waals surface area (Å²) in [5.41, 5.74) is 0.0667. The number of amides is 1. The quantitative estimate of drug-likeness (QED) is 0.674. The van der Waals surface area contributed by atoms with Gasteiger partial charge in [-0.25, -0.2) is 4.79 Å². The molecule has 0 aromatic heterocycles. The van der Waals surface area contributed by atoms with Crippen LogP contribution in [0.5, 0.6) is 0 Å². The Kier molecular flexibility index (Phi) is 7.85. The lowest BCUT2D eigenvalue weighted by Crippen LogP contribution is -2.35. The van der Waals surface area contributed by atoms with Crippen LogP contribution in [0.2, 0.25) is 0 Å². The Morgan fingerprint density at radius 1 is 1.09 bits per heavy atom. The van der Waals surface area contributed by atoms with Gasteiger partial charge >= 0.3 is 6.09 Å². The van der Waals surface area contributed by atoms with Crippen LogP contribution in [0, 0.1) is 5.41 Å². The summed E-state index contributed by atoms with van der Waals surface area (Å²) < 4.78 is 5.35. The SMILES string of the molecule is CCCC/C(=C/C(=O)C(C)(C)C)CN(C)C(=O)OC(C)(C)C. The van der Waals surface area contributed by atoms with E-state index in [1.807, 2.05) is 41.5 Å². The maximum absolute atomic E-state index is 12.2. The highest BCUT2D eigenvalue weighted by Crippen LogP contribution is 2.19. The number of allylic oxidation sites excluding steroid dienone is 1. The lowest BCUT2D eigenvalue weighted by molar-refractivity contribution is -0.121. The molecular weight excluding hydrogens is 278 g/mol. The zero-order valence-corrected chi connectivity index (χ0v) is 15.6. The highest BCUT2D eigenvalue weighted by molar-refractivity contribution is 5.94. The van der Waals surface area contributed by atoms with Crippen molar-refractivity contribution in [3.63, 3.8) is 0 Å². The topological polar surface area (TPSA) is 46.6 Å². The molecule has 0 atom stereocenters. The number of nitrogens with zero attached hydrogens (tertiary/aromatic N) is 1. The smallest absolute Gasteiger partial charge is 0.410 e. The molecule has 0 aliphatic carbocycles. The molecule has 0 aliphatic heterocycles. The fraction of sp³-hybridized carbons (Fsp3) is 0.778. The molecule has 0 aromatic carbocycles. The van der Waals surface area contributed by atoms with E-state index >= 15 is 0 Å². The van der Waals surface area contributed by atoms with Crippen LogP contribution in [0.15, 0.2) is 11.6 Å². The summed E-state index contributed by atoms with van der Waals surface area (Å²) in [6.07, 6.45) is 4.23. The molecule has 1 amide bonds. The highest BCUT2D eigenvalue weighted by Gasteiger charge is 2.22. The molecule has 0 bridgehead atoms. The minimum atomic E-state index is -0.514. The maximum Gasteiger partial charge on any atom is 0.410 e. The number of rotatable bonds is 6. The van der Waals surface area contributed by atoms with Gasteiger partial charge in [-0.2, -0.15) is 0 Å². The monoisotopic (exact) mass is 311 g/mol. The Balaban J connectivity index is 4.96. The first-order valence-corrected chi connectivity index (χ1v) is 8.05. The third-order valence-corrected chi connectivity index (χ3v) is 3.07. The van der Waals surface area contributed by atoms with Crippen LogP contribution >= 0.6 is 0 Å². The molecule has 0 spiro atoms. The van der Waals surface area contributed by atoms with Crippen molar-refractivity contribution in [2.24, 2.45) is 5.41 Å². The molecule has 0 radical (unpaired) electrons. The van der Waals surface area contributed by atoms with Gasteiger partial charge in [-0.05, 0) is 45.3 Å². The van der Waals surface area contributed by atoms with Crippen LogP contribution < -0.4 is 0 Å². The molecule has 0 saturated carbocycles. The summed E-state index contributed by atoms with van der Waals surface area (Å²) in [5.74, 6) is 0.0937. The predicted octanol–water partition coefficient (Wildman–Crippen LogP) is 4.59. The van der Waals surface area contributed by atoms with E-state index in [0.29, 0.717) is 6.54 Å². The highest BCUT2D eigenvalue weighted by atomic mass is 16.6. The first-order valence-electron chi connectivity index (χ1n) is 8.05. The second-order valence-corrected chi connectivity index (χ2v) is 7.86. The van der Waals surface area contributed by atoms with Crippen molar-refractivity contribution in [3.8, 4) is 0 Å². The van der Waals surface area contributed by atoms with Crippen molar-refractivity contribution in [2.75, 3.05) is 13.6 Å². The maximum atomic E-state index is 12.2. The minimum absolute atomic E-state index is 0.0937. The molecule has 128 valence electrons. The number of likely N-dealkylation sites (N-methyl/N-ethyl adjacent to an activating group) is 1. The second kappa shape index (κ2) is 8.35. The number of ketones is 1. The van der Waals surface area contributed by atoms with Gasteiger partial charge in [-0.3, -0.25) is 4.79 Å². The van der Waals surface area contributed by atoms with Crippen molar-refractivity contribution < 1.29 is 14.3 Å². The number of ether oxygens (including phenoxy) is 1. The third kappa shape index (κ3) is 8.85. The van der Waals surface area contributed by atoms with Crippen molar-refractivity contribution >= 4 is 11.9 Å². The Morgan fingerprint density at radius 2 is 1.64 bits per heavy atom. The normalized spacial score (nSPS) is 13.0. The van der Waals surface area contributed by atoms with Crippen LogP contribution in [-0.4, -0.2) is 36.0 Å². The Labute approximate surface area is 135 Å². The summed E-state index contributed by atoms with van der Waals surface area (Å²) >= 11 is 0. The number of unbranched alkanes of at least 4 members (excludes halogenated alkanes) is 1. The minimum Gasteiger partial charge on any atom is -0.444 e. The van der Waals surface area contributed by atoms with Crippen molar-refractivity contribution in [1.82, 2.24) is 4.90 Å². The Bertz CT molecular complexity index is 411. The lowest BCUT2D eigenvalue weighted by Gasteiger charge is -2.25. The van der Waals surface area contributed by atoms with Crippen LogP contribution in [0.3, 0.4) is 0 Å². The molecule has 0 heterocycles. The summed E-state index contributed by atoms with van der Waals surface area (Å²) in [7, 11) is 1.70. The van der Waals surface area contributed by atoms with Gasteiger partial charge in [-0.1, -0.05) is 34.1 Å². The van der Waals surface area contributed by atoms with E-state index in [9.17, 15) is 9.59 Å². The van der Waals surface area contributed by atoms with Gasteiger partial charge in [0.05, 0.1) is 0 Å². The summed E-state index contributed by atoms with van der Waals surface area (Å²) in [4.78, 5) is 25.8. The lowest BCUT2D eigenvalue weighted by atomic mass is 9.89. The van der Waals surface area contributed by atoms with Crippen LogP contribution in [0.25, 0.3) is 0 Å². The van der Waals surface area contributed by atoms with Crippen LogP contribution in [0.1, 0.15) is 67.7 Å². The van der Waals surface area contributed by atoms with Gasteiger partial charge in [0.1, 0.15) is 5.60 Å². The van der Waals surface area contributed by atoms with Gasteiger partial charge < -0.3 is 9.64 Å². The van der Waals surface area contributed by atoms with E-state index < -0.39 is 11.0 Å². The molecule has 22 heavy (non-hydrogen) atoms. The molecule has 0 saturated heterocycles. The van der Waals surface area contributed by atoms with E-state index in [2.05, 4.69) is 6.92 Å². The fourth-order valence-electron chi connectivity index (χ4n) is 1.71. The predicted molar refractivity (Wildman–Crippen MR) is 90.9 cm³/mol. The molecule has 4 nitrogen and oxygen atoms in total. The average molecular weight is 311 g/mol. The third-order valence-electron chi connectivity index (χ3n) is 3.07. The van der Waals surface area contributed by atoms with E-state index in [0.717, 1.165) is 24.8 Å². The zero-order valence-electron chi connectivity index (χ0n) is 15.6. The van der Waals surface area contributed by atoms with Gasteiger partial charge in [0.15, 0.2) is 5.78 Å². The molecule has 0 unspecified atom stereocenters. The Hall–Kier alpha value is -1.32. The first-order chi connectivity index (χ1) is 9.86. The van der Waals surface area contributed by atoms with E-state index in [1.165, 1.54) is 4.90 Å². The zero-order chi connectivity index (χ0) is 17.6. The van der Waals surface area contributed by atoms with E-state index in [4.69, 9.17) is 4.74 Å². The largest absolute Gasteiger partial charge is 0.444 e. The molecule has 0 rings (SSSR count). The van der Waals surface area contributed by atoms with Gasteiger partial charge in [0, 0.05) is 19.0 Å². The van der Waals surface area contributed by atoms with Gasteiger partial charge in [0.25, 0.3) is 0 Å². The molecule has 0 fully saturated rings. The summed E-state index contributed by atoms with van der Waals surface area (Å²) in [5, 5.41) is 0. The van der Waals surface area contributed by atoms with Crippen molar-refractivity contribution in [2.45, 2.75) is 73.3 Å². The average Bonchev–Trinajstić information content (AvgIpc) is 2.32. The standard InChI is InChI=1S/C18H33NO3/c1-9-10-11-14(12-15(20)17(2,3)4)13-19(8)16(21)22-18(5,6)7/h12H,9-11,13H2,1-8H3/b14-12-. The van der Waals surface area contributed by atoms with Crippen molar-refractivity contribution in [3.05, 3.63) is 11.6 Å². The number of carbonyl (C=O) groups is 2. The van der Waals surface area contributed by atoms with Gasteiger partial charge in [-0.15, -0.1) is 0 Å². The molecule has 4 heteroatoms. The van der Waals surface area contributed by atoms with E-state index in [-0.39, 0.29) is 11.9 Å². The molecular formula is C18H33NO3. The first kappa shape index (κ1) is 20.7. The van der Waals surface area contributed by atoms with Gasteiger partial charge in [0.2, 0.25) is 0 Å². The number of hydrogen-bond acceptors (Lipinski definition) is 3. The van der Waals surface area contributed by atoms with Crippen LogP contribution in [0.4, 0.5) is 4.79 Å². The molecule has 0 aliphatic rings. The molecule has 0 aromatic rings. The van der Waals surface area contributed by atoms with Crippen molar-refractivity contribution in [1.29, 1.82) is 0 Å². The Morgan fingerprint density at radius 3 is 2.05 bits per heavy atom. The van der Waals surface area contributed by atoms with Crippen LogP contribution in [-0.2, 0) is 9.53 Å². The number of hydrogen-bond donors (Lipinski definition) is 0. The molecule has 0 N–H and O–H groups in total. The second-order valence-electron chi connectivity index (χ2n) is 7.86. The summed E-state index contributed by atoms with van der Waals surface area (Å²) in [6.45, 7) is 13.8. The van der Waals surface area contributed by atoms with E-state index in [1.54, 1.807) is 13.1 Å². The number of carbonyl (C=O) groups excluding carboxylic acids is 2.